The van der Waals surface area contributed by atoms with E-state index in [0.29, 0.717) is 6.54 Å². The fraction of sp³-hybridized carbons (Fsp3) is 0.667. The van der Waals surface area contributed by atoms with Gasteiger partial charge in [-0.05, 0) is 57.8 Å². The van der Waals surface area contributed by atoms with Crippen molar-refractivity contribution in [3.63, 3.8) is 0 Å². The summed E-state index contributed by atoms with van der Waals surface area (Å²) in [6.45, 7) is 10.4. The van der Waals surface area contributed by atoms with Gasteiger partial charge in [-0.2, -0.15) is 0 Å². The zero-order valence-corrected chi connectivity index (χ0v) is 17.4. The van der Waals surface area contributed by atoms with E-state index in [9.17, 15) is 0 Å². The molecule has 1 heterocycles. The molecule has 0 saturated carbocycles. The number of methoxy groups -OCH3 is 2. The average molecular weight is 377 g/mol. The number of nitrogens with one attached hydrogen (secondary N) is 2. The van der Waals surface area contributed by atoms with Crippen LogP contribution in [0.5, 0.6) is 11.5 Å². The molecule has 27 heavy (non-hydrogen) atoms. The molecule has 0 amide bonds. The van der Waals surface area contributed by atoms with Crippen LogP contribution in [-0.2, 0) is 6.54 Å². The van der Waals surface area contributed by atoms with Gasteiger partial charge in [-0.25, -0.2) is 4.99 Å². The number of ether oxygens (including phenoxy) is 2. The molecular formula is C21H36N4O2. The maximum Gasteiger partial charge on any atom is 0.191 e. The summed E-state index contributed by atoms with van der Waals surface area (Å²) in [6, 6.07) is 5.88. The Bertz CT molecular complexity index is 584. The summed E-state index contributed by atoms with van der Waals surface area (Å²) < 4.78 is 10.9. The lowest BCUT2D eigenvalue weighted by atomic mass is 9.99. The maximum atomic E-state index is 5.49. The van der Waals surface area contributed by atoms with Crippen LogP contribution in [0.2, 0.25) is 0 Å². The van der Waals surface area contributed by atoms with Crippen molar-refractivity contribution in [1.29, 1.82) is 0 Å². The van der Waals surface area contributed by atoms with Gasteiger partial charge in [-0.3, -0.25) is 0 Å². The van der Waals surface area contributed by atoms with Crippen LogP contribution in [0.25, 0.3) is 0 Å². The highest BCUT2D eigenvalue weighted by atomic mass is 16.5. The van der Waals surface area contributed by atoms with Crippen molar-refractivity contribution >= 4 is 5.96 Å². The summed E-state index contributed by atoms with van der Waals surface area (Å²) in [4.78, 5) is 7.28. The van der Waals surface area contributed by atoms with Gasteiger partial charge < -0.3 is 25.0 Å². The van der Waals surface area contributed by atoms with Crippen molar-refractivity contribution in [2.24, 2.45) is 10.9 Å². The van der Waals surface area contributed by atoms with Crippen molar-refractivity contribution in [3.8, 4) is 11.5 Å². The van der Waals surface area contributed by atoms with Gasteiger partial charge in [0.05, 0.1) is 20.8 Å². The van der Waals surface area contributed by atoms with Crippen LogP contribution in [-0.4, -0.2) is 57.8 Å². The highest BCUT2D eigenvalue weighted by molar-refractivity contribution is 5.79. The summed E-state index contributed by atoms with van der Waals surface area (Å²) >= 11 is 0. The minimum absolute atomic E-state index is 0.541. The molecule has 1 aromatic carbocycles. The monoisotopic (exact) mass is 376 g/mol. The van der Waals surface area contributed by atoms with E-state index in [1.807, 2.05) is 18.2 Å². The van der Waals surface area contributed by atoms with Gasteiger partial charge in [0.1, 0.15) is 0 Å². The summed E-state index contributed by atoms with van der Waals surface area (Å²) in [5.41, 5.74) is 1.01. The van der Waals surface area contributed by atoms with E-state index in [-0.39, 0.29) is 0 Å². The van der Waals surface area contributed by atoms with Crippen LogP contribution in [0, 0.1) is 5.92 Å². The number of piperidine rings is 1. The lowest BCUT2D eigenvalue weighted by Gasteiger charge is -2.30. The number of benzene rings is 1. The predicted molar refractivity (Wildman–Crippen MR) is 112 cm³/mol. The smallest absolute Gasteiger partial charge is 0.191 e. The molecule has 0 aromatic heterocycles. The lowest BCUT2D eigenvalue weighted by Crippen LogP contribution is -2.39. The number of likely N-dealkylation sites (tertiary alicyclic amines) is 1. The molecule has 6 nitrogen and oxygen atoms in total. The number of hydrogen-bond donors (Lipinski definition) is 2. The Balaban J connectivity index is 1.83. The van der Waals surface area contributed by atoms with Gasteiger partial charge in [-0.15, -0.1) is 0 Å². The van der Waals surface area contributed by atoms with Crippen molar-refractivity contribution in [2.75, 3.05) is 46.9 Å². The van der Waals surface area contributed by atoms with E-state index in [1.54, 1.807) is 14.2 Å². The Morgan fingerprint density at radius 1 is 1.19 bits per heavy atom. The highest BCUT2D eigenvalue weighted by Gasteiger charge is 2.14. The zero-order chi connectivity index (χ0) is 19.5. The molecule has 152 valence electrons. The van der Waals surface area contributed by atoms with E-state index in [1.165, 1.54) is 25.9 Å². The van der Waals surface area contributed by atoms with Crippen molar-refractivity contribution in [3.05, 3.63) is 23.8 Å². The molecule has 2 N–H and O–H groups in total. The quantitative estimate of drug-likeness (QED) is 0.394. The van der Waals surface area contributed by atoms with Crippen LogP contribution in [0.15, 0.2) is 23.2 Å². The van der Waals surface area contributed by atoms with Gasteiger partial charge >= 0.3 is 0 Å². The third kappa shape index (κ3) is 6.94. The van der Waals surface area contributed by atoms with Crippen molar-refractivity contribution < 1.29 is 9.47 Å². The second kappa shape index (κ2) is 11.7. The molecule has 1 saturated heterocycles. The van der Waals surface area contributed by atoms with Gasteiger partial charge in [0.15, 0.2) is 17.5 Å². The Morgan fingerprint density at radius 3 is 2.63 bits per heavy atom. The molecule has 1 fully saturated rings. The first kappa shape index (κ1) is 21.4. The highest BCUT2D eigenvalue weighted by Crippen LogP contribution is 2.31. The first-order chi connectivity index (χ1) is 13.2. The normalized spacial score (nSPS) is 16.2. The molecule has 1 aliphatic rings. The van der Waals surface area contributed by atoms with Crippen LogP contribution in [0.1, 0.15) is 38.7 Å². The lowest BCUT2D eigenvalue weighted by molar-refractivity contribution is 0.191. The summed E-state index contributed by atoms with van der Waals surface area (Å²) in [7, 11) is 3.31. The topological polar surface area (TPSA) is 58.1 Å². The summed E-state index contributed by atoms with van der Waals surface area (Å²) in [5.74, 6) is 3.22. The largest absolute Gasteiger partial charge is 0.493 e. The van der Waals surface area contributed by atoms with E-state index >= 15 is 0 Å². The van der Waals surface area contributed by atoms with E-state index in [2.05, 4.69) is 29.4 Å². The molecule has 0 radical (unpaired) electrons. The third-order valence-corrected chi connectivity index (χ3v) is 5.06. The molecule has 0 spiro atoms. The fourth-order valence-electron chi connectivity index (χ4n) is 3.38. The Morgan fingerprint density at radius 2 is 1.96 bits per heavy atom. The Labute approximate surface area is 164 Å². The molecule has 0 aliphatic carbocycles. The van der Waals surface area contributed by atoms with Crippen molar-refractivity contribution in [2.45, 2.75) is 39.7 Å². The number of guanidine groups is 1. The molecule has 1 aliphatic heterocycles. The molecular weight excluding hydrogens is 340 g/mol. The Kier molecular flexibility index (Phi) is 9.25. The number of rotatable bonds is 9. The first-order valence-corrected chi connectivity index (χ1v) is 10.1. The van der Waals surface area contributed by atoms with Crippen LogP contribution >= 0.6 is 0 Å². The molecule has 2 rings (SSSR count). The van der Waals surface area contributed by atoms with Gasteiger partial charge in [-0.1, -0.05) is 19.1 Å². The second-order valence-electron chi connectivity index (χ2n) is 7.15. The zero-order valence-electron chi connectivity index (χ0n) is 17.4. The number of nitrogens with zero attached hydrogens (tertiary/aromatic N) is 2. The minimum Gasteiger partial charge on any atom is -0.493 e. The number of para-hydroxylation sites is 1. The van der Waals surface area contributed by atoms with E-state index in [4.69, 9.17) is 14.5 Å². The minimum atomic E-state index is 0.541. The van der Waals surface area contributed by atoms with Crippen LogP contribution in [0.3, 0.4) is 0 Å². The standard InChI is InChI=1S/C21H36N4O2/c1-5-22-21(23-12-7-13-25-14-10-17(2)11-15-25)24-16-18-8-6-9-19(26-3)20(18)27-4/h6,8-9,17H,5,7,10-16H2,1-4H3,(H2,22,23,24). The Hall–Kier alpha value is -1.95. The number of aliphatic imine (C=N–C) groups is 1. The molecule has 0 bridgehead atoms. The average Bonchev–Trinajstić information content (AvgIpc) is 2.70. The SMILES string of the molecule is CCNC(=NCc1cccc(OC)c1OC)NCCCN1CCC(C)CC1. The van der Waals surface area contributed by atoms with Gasteiger partial charge in [0.2, 0.25) is 0 Å². The van der Waals surface area contributed by atoms with Crippen molar-refractivity contribution in [1.82, 2.24) is 15.5 Å². The molecule has 0 unspecified atom stereocenters. The molecule has 6 heteroatoms. The van der Waals surface area contributed by atoms with E-state index < -0.39 is 0 Å². The number of hydrogen-bond acceptors (Lipinski definition) is 4. The fourth-order valence-corrected chi connectivity index (χ4v) is 3.38. The molecule has 0 atom stereocenters. The van der Waals surface area contributed by atoms with Gasteiger partial charge in [0, 0.05) is 18.7 Å². The van der Waals surface area contributed by atoms with Crippen LogP contribution in [0.4, 0.5) is 0 Å². The molecule has 1 aromatic rings. The maximum absolute atomic E-state index is 5.49. The van der Waals surface area contributed by atoms with Gasteiger partial charge in [0.25, 0.3) is 0 Å². The first-order valence-electron chi connectivity index (χ1n) is 10.1. The third-order valence-electron chi connectivity index (χ3n) is 5.06. The van der Waals surface area contributed by atoms with Crippen LogP contribution < -0.4 is 20.1 Å². The second-order valence-corrected chi connectivity index (χ2v) is 7.15. The summed E-state index contributed by atoms with van der Waals surface area (Å²) in [5, 5.41) is 6.76. The predicted octanol–water partition coefficient (Wildman–Crippen LogP) is 2.88. The summed E-state index contributed by atoms with van der Waals surface area (Å²) in [6.07, 6.45) is 3.79. The van der Waals surface area contributed by atoms with E-state index in [0.717, 1.165) is 55.0 Å².